The van der Waals surface area contributed by atoms with E-state index >= 15 is 0 Å². The van der Waals surface area contributed by atoms with Crippen LogP contribution in [0.4, 0.5) is 0 Å². The van der Waals surface area contributed by atoms with Gasteiger partial charge in [0.05, 0.1) is 0 Å². The highest BCUT2D eigenvalue weighted by molar-refractivity contribution is 6.30. The maximum atomic E-state index is 12.6. The average molecular weight is 309 g/mol. The third-order valence-corrected chi connectivity index (χ3v) is 4.72. The summed E-state index contributed by atoms with van der Waals surface area (Å²) in [4.78, 5) is 14.6. The number of halogens is 1. The van der Waals surface area contributed by atoms with Crippen molar-refractivity contribution in [2.75, 3.05) is 13.1 Å². The molecular weight excluding hydrogens is 288 g/mol. The van der Waals surface area contributed by atoms with E-state index in [2.05, 4.69) is 0 Å². The van der Waals surface area contributed by atoms with Gasteiger partial charge < -0.3 is 15.4 Å². The zero-order chi connectivity index (χ0) is 15.0. The van der Waals surface area contributed by atoms with E-state index in [-0.39, 0.29) is 11.9 Å². The summed E-state index contributed by atoms with van der Waals surface area (Å²) in [7, 11) is 0. The molecular formula is C16H21ClN2O2. The van der Waals surface area contributed by atoms with Crippen LogP contribution in [0.15, 0.2) is 18.2 Å². The van der Waals surface area contributed by atoms with Crippen LogP contribution in [0.25, 0.3) is 0 Å². The molecule has 0 spiro atoms. The summed E-state index contributed by atoms with van der Waals surface area (Å²) >= 11 is 5.99. The quantitative estimate of drug-likeness (QED) is 0.911. The number of ether oxygens (including phenoxy) is 1. The Morgan fingerprint density at radius 2 is 2.33 bits per heavy atom. The molecule has 0 bridgehead atoms. The van der Waals surface area contributed by atoms with Crippen molar-refractivity contribution in [1.29, 1.82) is 0 Å². The summed E-state index contributed by atoms with van der Waals surface area (Å²) in [6.07, 6.45) is 2.31. The Morgan fingerprint density at radius 1 is 1.52 bits per heavy atom. The molecule has 0 unspecified atom stereocenters. The van der Waals surface area contributed by atoms with Crippen LogP contribution in [0.5, 0.6) is 5.75 Å². The molecule has 114 valence electrons. The van der Waals surface area contributed by atoms with Crippen molar-refractivity contribution in [2.45, 2.75) is 38.3 Å². The molecule has 1 aromatic carbocycles. The predicted octanol–water partition coefficient (Wildman–Crippen LogP) is 2.23. The number of fused-ring (bicyclic) bond motifs is 1. The van der Waals surface area contributed by atoms with Gasteiger partial charge in [-0.2, -0.15) is 0 Å². The molecule has 2 aliphatic heterocycles. The van der Waals surface area contributed by atoms with E-state index < -0.39 is 6.10 Å². The second kappa shape index (κ2) is 5.85. The Kier molecular flexibility index (Phi) is 4.09. The Labute approximate surface area is 130 Å². The normalized spacial score (nSPS) is 26.1. The van der Waals surface area contributed by atoms with Gasteiger partial charge in [-0.3, -0.25) is 4.79 Å². The third kappa shape index (κ3) is 3.01. The molecule has 3 rings (SSSR count). The molecule has 2 heterocycles. The van der Waals surface area contributed by atoms with Gasteiger partial charge in [-0.1, -0.05) is 11.6 Å². The Morgan fingerprint density at radius 3 is 3.10 bits per heavy atom. The Bertz CT molecular complexity index is 547. The van der Waals surface area contributed by atoms with E-state index in [0.717, 1.165) is 37.2 Å². The van der Waals surface area contributed by atoms with Crippen LogP contribution in [-0.4, -0.2) is 36.0 Å². The van der Waals surface area contributed by atoms with E-state index in [9.17, 15) is 4.79 Å². The lowest BCUT2D eigenvalue weighted by Gasteiger charge is -2.35. The molecule has 1 aromatic rings. The van der Waals surface area contributed by atoms with Gasteiger partial charge in [0, 0.05) is 30.6 Å². The first-order chi connectivity index (χ1) is 10.0. The lowest BCUT2D eigenvalue weighted by molar-refractivity contribution is -0.139. The topological polar surface area (TPSA) is 55.6 Å². The highest BCUT2D eigenvalue weighted by Gasteiger charge is 2.35. The molecule has 0 radical (unpaired) electrons. The number of hydrogen-bond donors (Lipinski definition) is 1. The Hall–Kier alpha value is -1.26. The van der Waals surface area contributed by atoms with Crippen molar-refractivity contribution in [3.05, 3.63) is 28.8 Å². The van der Waals surface area contributed by atoms with Crippen molar-refractivity contribution in [3.63, 3.8) is 0 Å². The van der Waals surface area contributed by atoms with Crippen LogP contribution >= 0.6 is 11.6 Å². The molecule has 3 atom stereocenters. The zero-order valence-corrected chi connectivity index (χ0v) is 13.0. The van der Waals surface area contributed by atoms with Crippen LogP contribution in [0, 0.1) is 5.92 Å². The molecule has 0 aliphatic carbocycles. The average Bonchev–Trinajstić information content (AvgIpc) is 2.89. The first kappa shape index (κ1) is 14.7. The third-order valence-electron chi connectivity index (χ3n) is 4.49. The van der Waals surface area contributed by atoms with Gasteiger partial charge in [0.25, 0.3) is 5.91 Å². The number of piperidine rings is 1. The van der Waals surface area contributed by atoms with Crippen LogP contribution in [0.2, 0.25) is 5.02 Å². The van der Waals surface area contributed by atoms with Crippen molar-refractivity contribution in [2.24, 2.45) is 11.7 Å². The van der Waals surface area contributed by atoms with Crippen molar-refractivity contribution >= 4 is 17.5 Å². The monoisotopic (exact) mass is 308 g/mol. The van der Waals surface area contributed by atoms with Crippen LogP contribution in [0.1, 0.15) is 25.3 Å². The number of benzene rings is 1. The number of rotatable bonds is 2. The minimum atomic E-state index is -0.412. The fourth-order valence-electron chi connectivity index (χ4n) is 3.20. The highest BCUT2D eigenvalue weighted by atomic mass is 35.5. The molecule has 2 aliphatic rings. The summed E-state index contributed by atoms with van der Waals surface area (Å²) in [5.74, 6) is 1.24. The summed E-state index contributed by atoms with van der Waals surface area (Å²) < 4.78 is 5.79. The molecule has 21 heavy (non-hydrogen) atoms. The summed E-state index contributed by atoms with van der Waals surface area (Å²) in [5.41, 5.74) is 7.00. The molecule has 5 heteroatoms. The van der Waals surface area contributed by atoms with E-state index in [0.29, 0.717) is 17.4 Å². The SMILES string of the molecule is C[C@H](N)[C@H]1CCCN(C(=O)[C@@H]2Cc3cc(Cl)ccc3O2)C1. The van der Waals surface area contributed by atoms with Gasteiger partial charge in [0.15, 0.2) is 6.10 Å². The zero-order valence-electron chi connectivity index (χ0n) is 12.2. The first-order valence-corrected chi connectivity index (χ1v) is 7.92. The minimum absolute atomic E-state index is 0.0765. The van der Waals surface area contributed by atoms with Gasteiger partial charge in [0.1, 0.15) is 5.75 Å². The largest absolute Gasteiger partial charge is 0.480 e. The second-order valence-corrected chi connectivity index (χ2v) is 6.54. The number of carbonyl (C=O) groups is 1. The maximum absolute atomic E-state index is 12.6. The molecule has 1 fully saturated rings. The number of hydrogen-bond acceptors (Lipinski definition) is 3. The summed E-state index contributed by atoms with van der Waals surface area (Å²) in [5, 5.41) is 0.681. The number of amides is 1. The minimum Gasteiger partial charge on any atom is -0.480 e. The molecule has 1 amide bonds. The first-order valence-electron chi connectivity index (χ1n) is 7.54. The number of carbonyl (C=O) groups excluding carboxylic acids is 1. The van der Waals surface area contributed by atoms with Crippen molar-refractivity contribution < 1.29 is 9.53 Å². The molecule has 2 N–H and O–H groups in total. The van der Waals surface area contributed by atoms with E-state index in [1.165, 1.54) is 0 Å². The molecule has 1 saturated heterocycles. The van der Waals surface area contributed by atoms with Gasteiger partial charge in [0.2, 0.25) is 0 Å². The van der Waals surface area contributed by atoms with Gasteiger partial charge in [-0.05, 0) is 49.4 Å². The number of likely N-dealkylation sites (tertiary alicyclic amines) is 1. The standard InChI is InChI=1S/C16H21ClN2O2/c1-10(18)11-3-2-6-19(9-11)16(20)15-8-12-7-13(17)4-5-14(12)21-15/h4-5,7,10-11,15H,2-3,6,8-9,18H2,1H3/t10-,11-,15-/m0/s1. The lowest BCUT2D eigenvalue weighted by atomic mass is 9.92. The van der Waals surface area contributed by atoms with Gasteiger partial charge >= 0.3 is 0 Å². The molecule has 4 nitrogen and oxygen atoms in total. The second-order valence-electron chi connectivity index (χ2n) is 6.11. The van der Waals surface area contributed by atoms with Crippen LogP contribution < -0.4 is 10.5 Å². The Balaban J connectivity index is 1.67. The van der Waals surface area contributed by atoms with E-state index in [4.69, 9.17) is 22.1 Å². The van der Waals surface area contributed by atoms with E-state index in [1.54, 1.807) is 6.07 Å². The lowest BCUT2D eigenvalue weighted by Crippen LogP contribution is -2.49. The highest BCUT2D eigenvalue weighted by Crippen LogP contribution is 2.32. The number of nitrogens with two attached hydrogens (primary N) is 1. The van der Waals surface area contributed by atoms with Crippen LogP contribution in [0.3, 0.4) is 0 Å². The van der Waals surface area contributed by atoms with Crippen molar-refractivity contribution in [1.82, 2.24) is 4.90 Å². The summed E-state index contributed by atoms with van der Waals surface area (Å²) in [6.45, 7) is 3.56. The molecule has 0 saturated carbocycles. The van der Waals surface area contributed by atoms with E-state index in [1.807, 2.05) is 24.0 Å². The predicted molar refractivity (Wildman–Crippen MR) is 82.5 cm³/mol. The van der Waals surface area contributed by atoms with Gasteiger partial charge in [-0.25, -0.2) is 0 Å². The maximum Gasteiger partial charge on any atom is 0.264 e. The van der Waals surface area contributed by atoms with Crippen molar-refractivity contribution in [3.8, 4) is 5.75 Å². The fraction of sp³-hybridized carbons (Fsp3) is 0.562. The molecule has 0 aromatic heterocycles. The smallest absolute Gasteiger partial charge is 0.264 e. The van der Waals surface area contributed by atoms with Crippen LogP contribution in [-0.2, 0) is 11.2 Å². The summed E-state index contributed by atoms with van der Waals surface area (Å²) in [6, 6.07) is 5.64. The fourth-order valence-corrected chi connectivity index (χ4v) is 3.39. The van der Waals surface area contributed by atoms with Gasteiger partial charge in [-0.15, -0.1) is 0 Å². The number of nitrogens with zero attached hydrogens (tertiary/aromatic N) is 1.